The average Bonchev–Trinajstić information content (AvgIpc) is 2.68. The van der Waals surface area contributed by atoms with Crippen molar-refractivity contribution in [2.24, 2.45) is 0 Å². The lowest BCUT2D eigenvalue weighted by Gasteiger charge is -2.09. The van der Waals surface area contributed by atoms with Gasteiger partial charge in [-0.25, -0.2) is 0 Å². The minimum Gasteiger partial charge on any atom is -0.453 e. The molecule has 0 radical (unpaired) electrons. The molecule has 0 spiro atoms. The molecular formula is C12H9Cl3O. The lowest BCUT2D eigenvalue weighted by atomic mass is 10.1. The highest BCUT2D eigenvalue weighted by Crippen LogP contribution is 2.32. The van der Waals surface area contributed by atoms with Gasteiger partial charge in [0.1, 0.15) is 0 Å². The Morgan fingerprint density at radius 2 is 1.88 bits per heavy atom. The monoisotopic (exact) mass is 274 g/mol. The second-order valence-corrected chi connectivity index (χ2v) is 4.69. The SMILES string of the molecule is Clc1ccccc1CC(Cl)c1ccoc1Cl. The molecule has 0 aliphatic heterocycles. The van der Waals surface area contributed by atoms with Crippen LogP contribution in [0.3, 0.4) is 0 Å². The van der Waals surface area contributed by atoms with E-state index < -0.39 is 0 Å². The third-order valence-corrected chi connectivity index (χ3v) is 3.41. The summed E-state index contributed by atoms with van der Waals surface area (Å²) in [5, 5.41) is 0.825. The second-order valence-electron chi connectivity index (χ2n) is 3.41. The summed E-state index contributed by atoms with van der Waals surface area (Å²) >= 11 is 18.2. The van der Waals surface area contributed by atoms with Crippen LogP contribution in [0.15, 0.2) is 41.0 Å². The molecule has 1 nitrogen and oxygen atoms in total. The number of benzene rings is 1. The van der Waals surface area contributed by atoms with Gasteiger partial charge < -0.3 is 4.42 Å². The minimum absolute atomic E-state index is 0.230. The molecule has 0 aliphatic rings. The predicted octanol–water partition coefficient (Wildman–Crippen LogP) is 5.11. The van der Waals surface area contributed by atoms with Gasteiger partial charge in [0, 0.05) is 10.6 Å². The van der Waals surface area contributed by atoms with Crippen LogP contribution in [0.1, 0.15) is 16.5 Å². The first-order chi connectivity index (χ1) is 7.68. The molecule has 0 saturated carbocycles. The molecule has 4 heteroatoms. The molecule has 0 bridgehead atoms. The Kier molecular flexibility index (Phi) is 3.80. The normalized spacial score (nSPS) is 12.7. The molecular weight excluding hydrogens is 266 g/mol. The average molecular weight is 276 g/mol. The van der Waals surface area contributed by atoms with Crippen molar-refractivity contribution in [3.8, 4) is 0 Å². The van der Waals surface area contributed by atoms with Gasteiger partial charge in [0.25, 0.3) is 0 Å². The molecule has 2 aromatic rings. The fourth-order valence-electron chi connectivity index (χ4n) is 1.50. The third-order valence-electron chi connectivity index (χ3n) is 2.34. The first kappa shape index (κ1) is 11.8. The zero-order chi connectivity index (χ0) is 11.5. The van der Waals surface area contributed by atoms with E-state index in [1.807, 2.05) is 24.3 Å². The summed E-state index contributed by atoms with van der Waals surface area (Å²) in [5.74, 6) is 0. The van der Waals surface area contributed by atoms with Crippen LogP contribution in [0, 0.1) is 0 Å². The van der Waals surface area contributed by atoms with Gasteiger partial charge >= 0.3 is 0 Å². The molecule has 84 valence electrons. The molecule has 0 N–H and O–H groups in total. The Labute approximate surface area is 109 Å². The van der Waals surface area contributed by atoms with Crippen LogP contribution in [0.2, 0.25) is 10.2 Å². The van der Waals surface area contributed by atoms with Crippen LogP contribution in [0.25, 0.3) is 0 Å². The molecule has 0 aliphatic carbocycles. The van der Waals surface area contributed by atoms with Crippen LogP contribution in [-0.4, -0.2) is 0 Å². The van der Waals surface area contributed by atoms with E-state index in [-0.39, 0.29) is 5.38 Å². The van der Waals surface area contributed by atoms with Crippen molar-refractivity contribution in [3.63, 3.8) is 0 Å². The second kappa shape index (κ2) is 5.13. The first-order valence-electron chi connectivity index (χ1n) is 4.79. The molecule has 1 aromatic heterocycles. The van der Waals surface area contributed by atoms with Gasteiger partial charge in [0.05, 0.1) is 11.6 Å². The lowest BCUT2D eigenvalue weighted by Crippen LogP contribution is -1.95. The number of furan rings is 1. The summed E-state index contributed by atoms with van der Waals surface area (Å²) in [6, 6.07) is 9.39. The summed E-state index contributed by atoms with van der Waals surface area (Å²) in [7, 11) is 0. The maximum absolute atomic E-state index is 6.26. The maximum Gasteiger partial charge on any atom is 0.197 e. The van der Waals surface area contributed by atoms with E-state index >= 15 is 0 Å². The van der Waals surface area contributed by atoms with E-state index in [0.717, 1.165) is 11.1 Å². The Hall–Kier alpha value is -0.630. The molecule has 0 amide bonds. The number of alkyl halides is 1. The van der Waals surface area contributed by atoms with Gasteiger partial charge in [-0.3, -0.25) is 0 Å². The molecule has 1 unspecified atom stereocenters. The van der Waals surface area contributed by atoms with Crippen LogP contribution in [0.4, 0.5) is 0 Å². The number of halogens is 3. The van der Waals surface area contributed by atoms with Crippen LogP contribution in [-0.2, 0) is 6.42 Å². The molecule has 1 atom stereocenters. The number of hydrogen-bond donors (Lipinski definition) is 0. The van der Waals surface area contributed by atoms with Crippen molar-refractivity contribution >= 4 is 34.8 Å². The summed E-state index contributed by atoms with van der Waals surface area (Å²) in [5.41, 5.74) is 1.80. The highest BCUT2D eigenvalue weighted by Gasteiger charge is 2.15. The Morgan fingerprint density at radius 3 is 2.50 bits per heavy atom. The van der Waals surface area contributed by atoms with Crippen molar-refractivity contribution in [1.82, 2.24) is 0 Å². The van der Waals surface area contributed by atoms with E-state index in [9.17, 15) is 0 Å². The van der Waals surface area contributed by atoms with Crippen molar-refractivity contribution in [2.45, 2.75) is 11.8 Å². The van der Waals surface area contributed by atoms with Gasteiger partial charge in [0.2, 0.25) is 0 Å². The smallest absolute Gasteiger partial charge is 0.197 e. The third kappa shape index (κ3) is 2.54. The quantitative estimate of drug-likeness (QED) is 0.710. The zero-order valence-corrected chi connectivity index (χ0v) is 10.6. The molecule has 0 fully saturated rings. The van der Waals surface area contributed by atoms with E-state index in [1.165, 1.54) is 6.26 Å². The van der Waals surface area contributed by atoms with E-state index in [0.29, 0.717) is 16.7 Å². The van der Waals surface area contributed by atoms with Gasteiger partial charge in [0.15, 0.2) is 5.22 Å². The van der Waals surface area contributed by atoms with Crippen LogP contribution >= 0.6 is 34.8 Å². The van der Waals surface area contributed by atoms with Gasteiger partial charge in [-0.2, -0.15) is 0 Å². The Balaban J connectivity index is 2.17. The maximum atomic E-state index is 6.26. The molecule has 2 rings (SSSR count). The fraction of sp³-hybridized carbons (Fsp3) is 0.167. The topological polar surface area (TPSA) is 13.1 Å². The van der Waals surface area contributed by atoms with Crippen molar-refractivity contribution in [3.05, 3.63) is 58.0 Å². The van der Waals surface area contributed by atoms with Gasteiger partial charge in [-0.15, -0.1) is 11.6 Å². The standard InChI is InChI=1S/C12H9Cl3O/c13-10-4-2-1-3-8(10)7-11(14)9-5-6-16-12(9)15/h1-6,11H,7H2. The Bertz CT molecular complexity index is 479. The molecule has 1 heterocycles. The summed E-state index contributed by atoms with van der Waals surface area (Å²) in [6.07, 6.45) is 2.15. The predicted molar refractivity (Wildman–Crippen MR) is 67.5 cm³/mol. The largest absolute Gasteiger partial charge is 0.453 e. The minimum atomic E-state index is -0.230. The van der Waals surface area contributed by atoms with E-state index in [1.54, 1.807) is 6.07 Å². The van der Waals surface area contributed by atoms with E-state index in [2.05, 4.69) is 0 Å². The highest BCUT2D eigenvalue weighted by atomic mass is 35.5. The number of rotatable bonds is 3. The van der Waals surface area contributed by atoms with Gasteiger partial charge in [-0.1, -0.05) is 29.8 Å². The summed E-state index contributed by atoms with van der Waals surface area (Å²) in [4.78, 5) is 0. The van der Waals surface area contributed by atoms with Crippen molar-refractivity contribution in [1.29, 1.82) is 0 Å². The fourth-order valence-corrected chi connectivity index (χ4v) is 2.35. The Morgan fingerprint density at radius 1 is 1.12 bits per heavy atom. The summed E-state index contributed by atoms with van der Waals surface area (Å²) in [6.45, 7) is 0. The summed E-state index contributed by atoms with van der Waals surface area (Å²) < 4.78 is 5.00. The lowest BCUT2D eigenvalue weighted by molar-refractivity contribution is 0.565. The van der Waals surface area contributed by atoms with Crippen LogP contribution < -0.4 is 0 Å². The van der Waals surface area contributed by atoms with Crippen LogP contribution in [0.5, 0.6) is 0 Å². The molecule has 1 aromatic carbocycles. The number of hydrogen-bond acceptors (Lipinski definition) is 1. The first-order valence-corrected chi connectivity index (χ1v) is 5.98. The van der Waals surface area contributed by atoms with Gasteiger partial charge in [-0.05, 0) is 35.7 Å². The van der Waals surface area contributed by atoms with Crippen molar-refractivity contribution < 1.29 is 4.42 Å². The molecule has 0 saturated heterocycles. The van der Waals surface area contributed by atoms with E-state index in [4.69, 9.17) is 39.2 Å². The zero-order valence-electron chi connectivity index (χ0n) is 8.29. The highest BCUT2D eigenvalue weighted by molar-refractivity contribution is 6.32. The molecule has 16 heavy (non-hydrogen) atoms. The van der Waals surface area contributed by atoms with Crippen molar-refractivity contribution in [2.75, 3.05) is 0 Å².